The van der Waals surface area contributed by atoms with Gasteiger partial charge in [0, 0.05) is 12.1 Å². The average molecular weight is 402 g/mol. The number of hydrogen-bond donors (Lipinski definition) is 2. The summed E-state index contributed by atoms with van der Waals surface area (Å²) < 4.78 is 42.4. The molecule has 0 aliphatic rings. The molecule has 1 unspecified atom stereocenters. The molecule has 0 saturated carbocycles. The first kappa shape index (κ1) is 21.3. The first-order valence-corrected chi connectivity index (χ1v) is 10.1. The van der Waals surface area contributed by atoms with Crippen LogP contribution >= 0.6 is 18.9 Å². The van der Waals surface area contributed by atoms with E-state index in [-0.39, 0.29) is 46.6 Å². The SMILES string of the molecule is O=[N+]([O-])c1ccc(OP(=O)(O)CNS(=O)(=O)c2cccs2)cc1.[H-].[Na+]. The standard InChI is InChI=1S/C11H11N2O7PS2.Na.H/c14-13(15)9-3-5-10(6-4-9)20-21(16,17)8-12-23(18,19)11-2-1-7-22-11;;/h1-7,12H,8H2,(H,16,17);;/q;+1;-1. The van der Waals surface area contributed by atoms with Gasteiger partial charge in [0.2, 0.25) is 0 Å². The van der Waals surface area contributed by atoms with Gasteiger partial charge in [0.05, 0.1) is 4.92 Å². The van der Waals surface area contributed by atoms with Crippen LogP contribution in [-0.2, 0) is 14.6 Å². The zero-order chi connectivity index (χ0) is 17.1. The quantitative estimate of drug-likeness (QED) is 0.270. The van der Waals surface area contributed by atoms with Gasteiger partial charge in [0.1, 0.15) is 16.2 Å². The van der Waals surface area contributed by atoms with Crippen LogP contribution in [0, 0.1) is 10.1 Å². The first-order valence-electron chi connectivity index (χ1n) is 5.99. The summed E-state index contributed by atoms with van der Waals surface area (Å²) in [7, 11) is -8.20. The zero-order valence-electron chi connectivity index (χ0n) is 13.4. The molecule has 0 spiro atoms. The molecule has 0 saturated heterocycles. The van der Waals surface area contributed by atoms with E-state index in [1.165, 1.54) is 12.1 Å². The van der Waals surface area contributed by atoms with Crippen molar-refractivity contribution in [2.24, 2.45) is 0 Å². The minimum atomic E-state index is -4.31. The Kier molecular flexibility index (Phi) is 7.57. The minimum Gasteiger partial charge on any atom is -1.00 e. The van der Waals surface area contributed by atoms with Crippen molar-refractivity contribution in [3.8, 4) is 5.75 Å². The largest absolute Gasteiger partial charge is 1.00 e. The number of benzene rings is 1. The van der Waals surface area contributed by atoms with E-state index in [1.54, 1.807) is 5.38 Å². The molecule has 0 aliphatic carbocycles. The summed E-state index contributed by atoms with van der Waals surface area (Å²) in [6, 6.07) is 7.39. The Morgan fingerprint density at radius 1 is 1.33 bits per heavy atom. The topological polar surface area (TPSA) is 136 Å². The van der Waals surface area contributed by atoms with Crippen LogP contribution in [0.5, 0.6) is 5.75 Å². The van der Waals surface area contributed by atoms with Crippen LogP contribution in [-0.4, -0.2) is 24.5 Å². The maximum Gasteiger partial charge on any atom is 1.00 e. The van der Waals surface area contributed by atoms with Gasteiger partial charge in [-0.15, -0.1) is 11.3 Å². The number of nitro groups is 1. The Hall–Kier alpha value is -0.780. The number of nitro benzene ring substituents is 1. The predicted octanol–water partition coefficient (Wildman–Crippen LogP) is -0.727. The van der Waals surface area contributed by atoms with Crippen LogP contribution in [0.3, 0.4) is 0 Å². The van der Waals surface area contributed by atoms with E-state index in [0.29, 0.717) is 0 Å². The van der Waals surface area contributed by atoms with Crippen LogP contribution in [0.25, 0.3) is 0 Å². The summed E-state index contributed by atoms with van der Waals surface area (Å²) in [6.07, 6.45) is -0.829. The summed E-state index contributed by atoms with van der Waals surface area (Å²) in [6.45, 7) is 0. The van der Waals surface area contributed by atoms with Gasteiger partial charge in [0.15, 0.2) is 0 Å². The number of hydrogen-bond acceptors (Lipinski definition) is 7. The number of thiophene rings is 1. The third kappa shape index (κ3) is 5.94. The number of nitrogens with zero attached hydrogens (tertiary/aromatic N) is 1. The molecular formula is C11H12N2NaO7PS2. The van der Waals surface area contributed by atoms with E-state index < -0.39 is 28.8 Å². The van der Waals surface area contributed by atoms with Crippen LogP contribution in [0.4, 0.5) is 5.69 Å². The smallest absolute Gasteiger partial charge is 1.00 e. The molecule has 2 N–H and O–H groups in total. The molecule has 13 heteroatoms. The second-order valence-corrected chi connectivity index (χ2v) is 8.93. The van der Waals surface area contributed by atoms with Crippen LogP contribution in [0.1, 0.15) is 1.43 Å². The summed E-state index contributed by atoms with van der Waals surface area (Å²) in [5, 5.41) is 12.1. The molecule has 1 heterocycles. The van der Waals surface area contributed by atoms with E-state index in [1.807, 2.05) is 4.72 Å². The number of rotatable bonds is 7. The van der Waals surface area contributed by atoms with Crippen LogP contribution in [0.15, 0.2) is 46.0 Å². The molecule has 0 aliphatic heterocycles. The Morgan fingerprint density at radius 3 is 2.46 bits per heavy atom. The fourth-order valence-electron chi connectivity index (χ4n) is 1.48. The van der Waals surface area contributed by atoms with Gasteiger partial charge in [-0.05, 0) is 23.6 Å². The maximum atomic E-state index is 11.9. The molecule has 0 bridgehead atoms. The summed E-state index contributed by atoms with van der Waals surface area (Å²) in [5.41, 5.74) is -0.205. The molecule has 1 atom stereocenters. The van der Waals surface area contributed by atoms with Gasteiger partial charge in [-0.1, -0.05) is 6.07 Å². The molecule has 9 nitrogen and oxygen atoms in total. The van der Waals surface area contributed by atoms with Gasteiger partial charge < -0.3 is 10.8 Å². The molecule has 2 rings (SSSR count). The first-order chi connectivity index (χ1) is 10.7. The molecule has 0 fully saturated rings. The van der Waals surface area contributed by atoms with Crippen molar-refractivity contribution in [2.75, 3.05) is 6.29 Å². The Balaban J connectivity index is 0.00000288. The minimum absolute atomic E-state index is 0. The van der Waals surface area contributed by atoms with Crippen molar-refractivity contribution in [3.63, 3.8) is 0 Å². The Labute approximate surface area is 165 Å². The van der Waals surface area contributed by atoms with Crippen LogP contribution < -0.4 is 38.8 Å². The van der Waals surface area contributed by atoms with Crippen molar-refractivity contribution >= 4 is 34.6 Å². The third-order valence-electron chi connectivity index (χ3n) is 2.51. The van der Waals surface area contributed by atoms with E-state index in [2.05, 4.69) is 0 Å². The average Bonchev–Trinajstić information content (AvgIpc) is 3.01. The summed E-state index contributed by atoms with van der Waals surface area (Å²) in [5.74, 6) is -0.0863. The van der Waals surface area contributed by atoms with Gasteiger partial charge in [-0.25, -0.2) is 13.0 Å². The van der Waals surface area contributed by atoms with Crippen molar-refractivity contribution in [3.05, 3.63) is 51.9 Å². The molecule has 0 amide bonds. The summed E-state index contributed by atoms with van der Waals surface area (Å²) >= 11 is 0.962. The molecule has 126 valence electrons. The van der Waals surface area contributed by atoms with Gasteiger partial charge in [0.25, 0.3) is 15.7 Å². The fraction of sp³-hybridized carbons (Fsp3) is 0.0909. The second-order valence-electron chi connectivity index (χ2n) is 4.22. The number of non-ortho nitro benzene ring substituents is 1. The van der Waals surface area contributed by atoms with Gasteiger partial charge >= 0.3 is 37.2 Å². The van der Waals surface area contributed by atoms with E-state index in [9.17, 15) is 28.0 Å². The van der Waals surface area contributed by atoms with Crippen molar-refractivity contribution < 1.29 is 58.3 Å². The molecule has 24 heavy (non-hydrogen) atoms. The number of sulfonamides is 1. The predicted molar refractivity (Wildman–Crippen MR) is 84.2 cm³/mol. The summed E-state index contributed by atoms with van der Waals surface area (Å²) in [4.78, 5) is 19.6. The van der Waals surface area contributed by atoms with Crippen LogP contribution in [0.2, 0.25) is 0 Å². The monoisotopic (exact) mass is 402 g/mol. The normalized spacial score (nSPS) is 13.5. The zero-order valence-corrected chi connectivity index (χ0v) is 16.9. The third-order valence-corrected chi connectivity index (χ3v) is 6.58. The maximum absolute atomic E-state index is 11.9. The van der Waals surface area contributed by atoms with Gasteiger partial charge in [-0.2, -0.15) is 4.72 Å². The molecule has 1 aromatic carbocycles. The van der Waals surface area contributed by atoms with Crippen molar-refractivity contribution in [1.82, 2.24) is 4.72 Å². The molecular weight excluding hydrogens is 390 g/mol. The second kappa shape index (κ2) is 8.54. The van der Waals surface area contributed by atoms with Gasteiger partial charge in [-0.3, -0.25) is 10.1 Å². The van der Waals surface area contributed by atoms with E-state index >= 15 is 0 Å². The Bertz CT molecular complexity index is 846. The molecule has 1 aromatic heterocycles. The van der Waals surface area contributed by atoms with E-state index in [4.69, 9.17) is 4.52 Å². The van der Waals surface area contributed by atoms with E-state index in [0.717, 1.165) is 35.6 Å². The number of nitrogens with one attached hydrogen (secondary N) is 1. The van der Waals surface area contributed by atoms with Crippen molar-refractivity contribution in [2.45, 2.75) is 4.21 Å². The van der Waals surface area contributed by atoms with Crippen molar-refractivity contribution in [1.29, 1.82) is 0 Å². The molecule has 2 aromatic rings. The fourth-order valence-corrected chi connectivity index (χ4v) is 5.03. The molecule has 0 radical (unpaired) electrons. The Morgan fingerprint density at radius 2 is 1.96 bits per heavy atom.